The van der Waals surface area contributed by atoms with Gasteiger partial charge in [0.05, 0.1) is 34.9 Å². The Morgan fingerprint density at radius 3 is 2.77 bits per heavy atom. The lowest BCUT2D eigenvalue weighted by atomic mass is 10.1. The molecule has 0 spiro atoms. The smallest absolute Gasteiger partial charge is 0.148 e. The predicted molar refractivity (Wildman–Crippen MR) is 84.3 cm³/mol. The highest BCUT2D eigenvalue weighted by Crippen LogP contribution is 2.31. The van der Waals surface area contributed by atoms with Gasteiger partial charge in [0, 0.05) is 19.8 Å². The fraction of sp³-hybridized carbons (Fsp3) is 0.125. The molecular weight excluding hydrogens is 281 g/mol. The van der Waals surface area contributed by atoms with Crippen LogP contribution in [0.3, 0.4) is 0 Å². The highest BCUT2D eigenvalue weighted by Gasteiger charge is 2.13. The molecule has 0 amide bonds. The number of rotatable bonds is 2. The predicted octanol–water partition coefficient (Wildman–Crippen LogP) is 2.93. The Balaban J connectivity index is 2.11. The molecule has 3 aromatic rings. The molecule has 0 saturated carbocycles. The fourth-order valence-corrected chi connectivity index (χ4v) is 2.42. The Bertz CT molecular complexity index is 907. The molecule has 0 unspecified atom stereocenters. The number of hydrogen-bond donors (Lipinski definition) is 1. The summed E-state index contributed by atoms with van der Waals surface area (Å²) in [6.45, 7) is 0. The van der Waals surface area contributed by atoms with Crippen LogP contribution in [-0.4, -0.2) is 16.6 Å². The lowest BCUT2D eigenvalue weighted by Crippen LogP contribution is -2.12. The molecule has 3 rings (SSSR count). The van der Waals surface area contributed by atoms with E-state index in [1.165, 1.54) is 6.07 Å². The Morgan fingerprint density at radius 1 is 1.32 bits per heavy atom. The number of aromatic nitrogens is 2. The minimum absolute atomic E-state index is 0.288. The molecule has 22 heavy (non-hydrogen) atoms. The van der Waals surface area contributed by atoms with Crippen LogP contribution in [0, 0.1) is 17.1 Å². The summed E-state index contributed by atoms with van der Waals surface area (Å²) in [6, 6.07) is 9.96. The van der Waals surface area contributed by atoms with Crippen molar-refractivity contribution < 1.29 is 4.39 Å². The van der Waals surface area contributed by atoms with Gasteiger partial charge < -0.3 is 15.2 Å². The summed E-state index contributed by atoms with van der Waals surface area (Å²) in [5, 5.41) is 8.81. The van der Waals surface area contributed by atoms with Gasteiger partial charge in [0.2, 0.25) is 0 Å². The molecule has 0 aliphatic heterocycles. The molecule has 1 aromatic heterocycles. The molecule has 0 aliphatic carbocycles. The van der Waals surface area contributed by atoms with Crippen molar-refractivity contribution in [3.8, 4) is 6.07 Å². The van der Waals surface area contributed by atoms with E-state index in [1.54, 1.807) is 36.5 Å². The molecule has 0 atom stereocenters. The second kappa shape index (κ2) is 5.04. The Labute approximate surface area is 127 Å². The van der Waals surface area contributed by atoms with E-state index in [0.717, 1.165) is 16.7 Å². The molecule has 1 heterocycles. The van der Waals surface area contributed by atoms with E-state index in [1.807, 2.05) is 23.8 Å². The summed E-state index contributed by atoms with van der Waals surface area (Å²) in [4.78, 5) is 5.93. The number of aryl methyl sites for hydroxylation is 1. The van der Waals surface area contributed by atoms with E-state index in [0.29, 0.717) is 11.4 Å². The van der Waals surface area contributed by atoms with E-state index in [-0.39, 0.29) is 5.56 Å². The fourth-order valence-electron chi connectivity index (χ4n) is 2.42. The standard InChI is InChI=1S/C16H14FN5/c1-21-9-20-16-13(19)6-11(7-15(16)21)22(2)14-4-3-10(8-18)5-12(14)17/h3-7,9H,19H2,1-2H3. The molecular formula is C16H14FN5. The van der Waals surface area contributed by atoms with Crippen molar-refractivity contribution in [1.29, 1.82) is 5.26 Å². The minimum atomic E-state index is -0.453. The third-order valence-corrected chi connectivity index (χ3v) is 3.67. The number of anilines is 3. The molecule has 0 bridgehead atoms. The molecule has 0 saturated heterocycles. The van der Waals surface area contributed by atoms with E-state index in [2.05, 4.69) is 4.98 Å². The first-order valence-electron chi connectivity index (χ1n) is 6.65. The van der Waals surface area contributed by atoms with E-state index >= 15 is 0 Å². The number of imidazole rings is 1. The van der Waals surface area contributed by atoms with Crippen molar-refractivity contribution in [2.45, 2.75) is 0 Å². The van der Waals surface area contributed by atoms with Crippen LogP contribution in [0.4, 0.5) is 21.5 Å². The highest BCUT2D eigenvalue weighted by atomic mass is 19.1. The van der Waals surface area contributed by atoms with Gasteiger partial charge in [-0.15, -0.1) is 0 Å². The minimum Gasteiger partial charge on any atom is -0.397 e. The second-order valence-corrected chi connectivity index (χ2v) is 5.10. The molecule has 2 aromatic carbocycles. The Hall–Kier alpha value is -3.07. The number of nitrogens with zero attached hydrogens (tertiary/aromatic N) is 4. The van der Waals surface area contributed by atoms with Gasteiger partial charge in [-0.2, -0.15) is 5.26 Å². The first-order chi connectivity index (χ1) is 10.5. The molecule has 6 heteroatoms. The van der Waals surface area contributed by atoms with Crippen LogP contribution in [0.2, 0.25) is 0 Å². The van der Waals surface area contributed by atoms with Crippen LogP contribution >= 0.6 is 0 Å². The summed E-state index contributed by atoms with van der Waals surface area (Å²) in [5.74, 6) is -0.453. The number of benzene rings is 2. The highest BCUT2D eigenvalue weighted by molar-refractivity contribution is 5.91. The van der Waals surface area contributed by atoms with Crippen LogP contribution in [0.1, 0.15) is 5.56 Å². The summed E-state index contributed by atoms with van der Waals surface area (Å²) >= 11 is 0. The maximum Gasteiger partial charge on any atom is 0.148 e. The van der Waals surface area contributed by atoms with E-state index < -0.39 is 5.82 Å². The average Bonchev–Trinajstić information content (AvgIpc) is 2.88. The van der Waals surface area contributed by atoms with Crippen molar-refractivity contribution in [1.82, 2.24) is 9.55 Å². The third-order valence-electron chi connectivity index (χ3n) is 3.67. The molecule has 110 valence electrons. The van der Waals surface area contributed by atoms with E-state index in [9.17, 15) is 4.39 Å². The van der Waals surface area contributed by atoms with Gasteiger partial charge in [0.25, 0.3) is 0 Å². The maximum absolute atomic E-state index is 14.2. The van der Waals surface area contributed by atoms with Crippen molar-refractivity contribution in [3.05, 3.63) is 48.0 Å². The monoisotopic (exact) mass is 295 g/mol. The zero-order valence-corrected chi connectivity index (χ0v) is 12.2. The maximum atomic E-state index is 14.2. The number of nitrogens with two attached hydrogens (primary N) is 1. The lowest BCUT2D eigenvalue weighted by Gasteiger charge is -2.21. The molecule has 0 aliphatic rings. The summed E-state index contributed by atoms with van der Waals surface area (Å²) < 4.78 is 16.0. The zero-order chi connectivity index (χ0) is 15.9. The SMILES string of the molecule is CN(c1cc(N)c2ncn(C)c2c1)c1ccc(C#N)cc1F. The summed E-state index contributed by atoms with van der Waals surface area (Å²) in [5.41, 5.74) is 9.57. The van der Waals surface area contributed by atoms with Crippen molar-refractivity contribution in [2.24, 2.45) is 7.05 Å². The van der Waals surface area contributed by atoms with Crippen LogP contribution in [0.15, 0.2) is 36.7 Å². The number of halogens is 1. The van der Waals surface area contributed by atoms with Gasteiger partial charge in [-0.3, -0.25) is 0 Å². The van der Waals surface area contributed by atoms with Crippen molar-refractivity contribution in [3.63, 3.8) is 0 Å². The molecule has 0 fully saturated rings. The number of hydrogen-bond acceptors (Lipinski definition) is 4. The quantitative estimate of drug-likeness (QED) is 0.738. The second-order valence-electron chi connectivity index (χ2n) is 5.10. The van der Waals surface area contributed by atoms with Crippen LogP contribution < -0.4 is 10.6 Å². The van der Waals surface area contributed by atoms with E-state index in [4.69, 9.17) is 11.0 Å². The number of nitrogen functional groups attached to an aromatic ring is 1. The third kappa shape index (κ3) is 2.13. The Morgan fingerprint density at radius 2 is 2.09 bits per heavy atom. The first-order valence-corrected chi connectivity index (χ1v) is 6.65. The Kier molecular flexibility index (Phi) is 3.18. The van der Waals surface area contributed by atoms with Gasteiger partial charge in [0.1, 0.15) is 11.3 Å². The molecule has 2 N–H and O–H groups in total. The van der Waals surface area contributed by atoms with Gasteiger partial charge in [-0.25, -0.2) is 9.37 Å². The average molecular weight is 295 g/mol. The summed E-state index contributed by atoms with van der Waals surface area (Å²) in [6.07, 6.45) is 1.69. The zero-order valence-electron chi connectivity index (χ0n) is 12.2. The number of fused-ring (bicyclic) bond motifs is 1. The largest absolute Gasteiger partial charge is 0.397 e. The normalized spacial score (nSPS) is 10.6. The van der Waals surface area contributed by atoms with Gasteiger partial charge in [-0.1, -0.05) is 0 Å². The molecule has 5 nitrogen and oxygen atoms in total. The van der Waals surface area contributed by atoms with Crippen LogP contribution in [-0.2, 0) is 7.05 Å². The topological polar surface area (TPSA) is 70.9 Å². The van der Waals surface area contributed by atoms with Gasteiger partial charge >= 0.3 is 0 Å². The van der Waals surface area contributed by atoms with Crippen molar-refractivity contribution >= 4 is 28.1 Å². The number of nitriles is 1. The summed E-state index contributed by atoms with van der Waals surface area (Å²) in [7, 11) is 3.63. The lowest BCUT2D eigenvalue weighted by molar-refractivity contribution is 0.627. The van der Waals surface area contributed by atoms with Crippen LogP contribution in [0.5, 0.6) is 0 Å². The first kappa shape index (κ1) is 13.9. The van der Waals surface area contributed by atoms with Crippen molar-refractivity contribution in [2.75, 3.05) is 17.7 Å². The molecule has 0 radical (unpaired) electrons. The van der Waals surface area contributed by atoms with Gasteiger partial charge in [-0.05, 0) is 30.3 Å². The van der Waals surface area contributed by atoms with Gasteiger partial charge in [0.15, 0.2) is 0 Å². The van der Waals surface area contributed by atoms with Crippen LogP contribution in [0.25, 0.3) is 11.0 Å².